The Balaban J connectivity index is 2.70. The summed E-state index contributed by atoms with van der Waals surface area (Å²) in [6.45, 7) is 1.94. The van der Waals surface area contributed by atoms with Gasteiger partial charge in [0.15, 0.2) is 5.78 Å². The van der Waals surface area contributed by atoms with Crippen molar-refractivity contribution in [1.29, 1.82) is 0 Å². The second-order valence-corrected chi connectivity index (χ2v) is 4.36. The number of benzene rings is 1. The molecule has 0 atom stereocenters. The molecule has 0 N–H and O–H groups in total. The maximum Gasteiger partial charge on any atom is 0.163 e. The van der Waals surface area contributed by atoms with Crippen LogP contribution in [0.25, 0.3) is 0 Å². The molecule has 0 saturated heterocycles. The van der Waals surface area contributed by atoms with E-state index >= 15 is 0 Å². The largest absolute Gasteiger partial charge is 0.294 e. The van der Waals surface area contributed by atoms with E-state index in [4.69, 9.17) is 6.42 Å². The first-order chi connectivity index (χ1) is 7.15. The van der Waals surface area contributed by atoms with E-state index in [1.54, 1.807) is 0 Å². The van der Waals surface area contributed by atoms with Crippen molar-refractivity contribution in [1.82, 2.24) is 0 Å². The van der Waals surface area contributed by atoms with Crippen molar-refractivity contribution < 1.29 is 4.79 Å². The van der Waals surface area contributed by atoms with E-state index < -0.39 is 0 Å². The molecular formula is C13H13BrO. The normalized spacial score (nSPS) is 9.67. The third kappa shape index (κ3) is 3.53. The number of carbonyl (C=O) groups excluding carboxylic acids is 1. The maximum atomic E-state index is 11.8. The van der Waals surface area contributed by atoms with Gasteiger partial charge in [-0.2, -0.15) is 0 Å². The number of terminal acetylenes is 1. The Bertz CT molecular complexity index is 401. The minimum absolute atomic E-state index is 0.176. The number of carbonyl (C=O) groups is 1. The second-order valence-electron chi connectivity index (χ2n) is 3.44. The number of rotatable bonds is 4. The van der Waals surface area contributed by atoms with Gasteiger partial charge in [0.2, 0.25) is 0 Å². The van der Waals surface area contributed by atoms with Gasteiger partial charge in [0, 0.05) is 22.9 Å². The number of halogens is 1. The van der Waals surface area contributed by atoms with E-state index in [1.165, 1.54) is 0 Å². The lowest BCUT2D eigenvalue weighted by molar-refractivity contribution is 0.0980. The Morgan fingerprint density at radius 1 is 1.53 bits per heavy atom. The highest BCUT2D eigenvalue weighted by atomic mass is 79.9. The van der Waals surface area contributed by atoms with Crippen molar-refractivity contribution in [2.75, 3.05) is 0 Å². The molecule has 0 aliphatic carbocycles. The third-order valence-corrected chi connectivity index (χ3v) is 2.71. The summed E-state index contributed by atoms with van der Waals surface area (Å²) in [7, 11) is 0. The highest BCUT2D eigenvalue weighted by Crippen LogP contribution is 2.17. The lowest BCUT2D eigenvalue weighted by Crippen LogP contribution is -2.01. The molecule has 1 aromatic carbocycles. The fourth-order valence-electron chi connectivity index (χ4n) is 1.43. The molecule has 78 valence electrons. The third-order valence-electron chi connectivity index (χ3n) is 2.21. The Hall–Kier alpha value is -1.07. The Kier molecular flexibility index (Phi) is 4.58. The van der Waals surface area contributed by atoms with Crippen LogP contribution in [0.1, 0.15) is 35.2 Å². The molecule has 0 fully saturated rings. The van der Waals surface area contributed by atoms with E-state index in [0.29, 0.717) is 12.8 Å². The minimum Gasteiger partial charge on any atom is -0.294 e. The standard InChI is InChI=1S/C13H13BrO/c1-3-4-5-6-13(15)12-8-7-11(14)9-10(12)2/h1,7-9H,4-6H2,2H3. The van der Waals surface area contributed by atoms with Crippen LogP contribution in [-0.4, -0.2) is 5.78 Å². The predicted octanol–water partition coefficient (Wildman–Crippen LogP) is 3.74. The first-order valence-electron chi connectivity index (χ1n) is 4.88. The molecule has 0 aliphatic rings. The van der Waals surface area contributed by atoms with Crippen LogP contribution >= 0.6 is 15.9 Å². The van der Waals surface area contributed by atoms with Gasteiger partial charge in [0.25, 0.3) is 0 Å². The van der Waals surface area contributed by atoms with Crippen LogP contribution < -0.4 is 0 Å². The maximum absolute atomic E-state index is 11.8. The van der Waals surface area contributed by atoms with Gasteiger partial charge >= 0.3 is 0 Å². The highest BCUT2D eigenvalue weighted by molar-refractivity contribution is 9.10. The van der Waals surface area contributed by atoms with Gasteiger partial charge in [-0.15, -0.1) is 12.3 Å². The lowest BCUT2D eigenvalue weighted by Gasteiger charge is -2.04. The van der Waals surface area contributed by atoms with Crippen LogP contribution in [-0.2, 0) is 0 Å². The Labute approximate surface area is 99.0 Å². The fraction of sp³-hybridized carbons (Fsp3) is 0.308. The molecule has 1 rings (SSSR count). The lowest BCUT2D eigenvalue weighted by atomic mass is 10.0. The highest BCUT2D eigenvalue weighted by Gasteiger charge is 2.08. The Morgan fingerprint density at radius 2 is 2.27 bits per heavy atom. The summed E-state index contributed by atoms with van der Waals surface area (Å²) >= 11 is 3.37. The van der Waals surface area contributed by atoms with E-state index in [2.05, 4.69) is 21.9 Å². The van der Waals surface area contributed by atoms with Crippen LogP contribution in [0.3, 0.4) is 0 Å². The number of hydrogen-bond donors (Lipinski definition) is 0. The molecule has 2 heteroatoms. The first kappa shape index (κ1) is 12.0. The van der Waals surface area contributed by atoms with Crippen LogP contribution in [0, 0.1) is 19.3 Å². The zero-order chi connectivity index (χ0) is 11.3. The number of ketones is 1. The number of hydrogen-bond acceptors (Lipinski definition) is 1. The molecule has 0 amide bonds. The SMILES string of the molecule is C#CCCCC(=O)c1ccc(Br)cc1C. The monoisotopic (exact) mass is 264 g/mol. The van der Waals surface area contributed by atoms with Gasteiger partial charge in [-0.1, -0.05) is 22.0 Å². The molecule has 0 spiro atoms. The van der Waals surface area contributed by atoms with Gasteiger partial charge in [-0.25, -0.2) is 0 Å². The number of Topliss-reactive ketones (excluding diaryl/α,β-unsaturated/α-hetero) is 1. The quantitative estimate of drug-likeness (QED) is 0.460. The van der Waals surface area contributed by atoms with Crippen LogP contribution in [0.4, 0.5) is 0 Å². The first-order valence-corrected chi connectivity index (χ1v) is 5.67. The van der Waals surface area contributed by atoms with Gasteiger partial charge in [0.05, 0.1) is 0 Å². The molecule has 0 saturated carbocycles. The topological polar surface area (TPSA) is 17.1 Å². The molecule has 0 radical (unpaired) electrons. The smallest absolute Gasteiger partial charge is 0.163 e. The molecule has 0 unspecified atom stereocenters. The number of aryl methyl sites for hydroxylation is 1. The van der Waals surface area contributed by atoms with E-state index in [9.17, 15) is 4.79 Å². The average molecular weight is 265 g/mol. The van der Waals surface area contributed by atoms with E-state index in [1.807, 2.05) is 25.1 Å². The molecule has 1 aromatic rings. The molecule has 0 heterocycles. The summed E-state index contributed by atoms with van der Waals surface area (Å²) < 4.78 is 1.00. The minimum atomic E-state index is 0.176. The molecule has 15 heavy (non-hydrogen) atoms. The van der Waals surface area contributed by atoms with Crippen molar-refractivity contribution in [3.05, 3.63) is 33.8 Å². The van der Waals surface area contributed by atoms with Gasteiger partial charge in [-0.05, 0) is 31.0 Å². The van der Waals surface area contributed by atoms with Crippen LogP contribution in [0.15, 0.2) is 22.7 Å². The van der Waals surface area contributed by atoms with Crippen molar-refractivity contribution >= 4 is 21.7 Å². The van der Waals surface area contributed by atoms with Gasteiger partial charge in [-0.3, -0.25) is 4.79 Å². The van der Waals surface area contributed by atoms with Crippen LogP contribution in [0.2, 0.25) is 0 Å². The van der Waals surface area contributed by atoms with Crippen molar-refractivity contribution in [3.8, 4) is 12.3 Å². The zero-order valence-corrected chi connectivity index (χ0v) is 10.3. The van der Waals surface area contributed by atoms with Crippen molar-refractivity contribution in [3.63, 3.8) is 0 Å². The van der Waals surface area contributed by atoms with E-state index in [0.717, 1.165) is 22.0 Å². The summed E-state index contributed by atoms with van der Waals surface area (Å²) in [6.07, 6.45) is 7.11. The molecule has 0 aliphatic heterocycles. The van der Waals surface area contributed by atoms with Gasteiger partial charge < -0.3 is 0 Å². The second kappa shape index (κ2) is 5.72. The van der Waals surface area contributed by atoms with Crippen LogP contribution in [0.5, 0.6) is 0 Å². The summed E-state index contributed by atoms with van der Waals surface area (Å²) in [6, 6.07) is 5.70. The van der Waals surface area contributed by atoms with Crippen molar-refractivity contribution in [2.24, 2.45) is 0 Å². The predicted molar refractivity (Wildman–Crippen MR) is 65.9 cm³/mol. The molecular weight excluding hydrogens is 252 g/mol. The van der Waals surface area contributed by atoms with E-state index in [-0.39, 0.29) is 5.78 Å². The summed E-state index contributed by atoms with van der Waals surface area (Å²) in [5.41, 5.74) is 1.81. The van der Waals surface area contributed by atoms with Crippen molar-refractivity contribution in [2.45, 2.75) is 26.2 Å². The fourth-order valence-corrected chi connectivity index (χ4v) is 1.90. The molecule has 1 nitrogen and oxygen atoms in total. The zero-order valence-electron chi connectivity index (χ0n) is 8.72. The molecule has 0 bridgehead atoms. The molecule has 0 aromatic heterocycles. The average Bonchev–Trinajstić information content (AvgIpc) is 2.17. The number of unbranched alkanes of at least 4 members (excludes halogenated alkanes) is 1. The summed E-state index contributed by atoms with van der Waals surface area (Å²) in [5.74, 6) is 2.71. The summed E-state index contributed by atoms with van der Waals surface area (Å²) in [5, 5.41) is 0. The Morgan fingerprint density at radius 3 is 2.87 bits per heavy atom. The summed E-state index contributed by atoms with van der Waals surface area (Å²) in [4.78, 5) is 11.8. The van der Waals surface area contributed by atoms with Gasteiger partial charge in [0.1, 0.15) is 0 Å².